The molecule has 2 aromatic rings. The number of fused-ring (bicyclic) bond motifs is 1. The number of ether oxygens (including phenoxy) is 4. The van der Waals surface area contributed by atoms with Crippen molar-refractivity contribution < 1.29 is 33.3 Å². The Hall–Kier alpha value is -2.93. The second-order valence-electron chi connectivity index (χ2n) is 7.39. The Morgan fingerprint density at radius 2 is 1.78 bits per heavy atom. The van der Waals surface area contributed by atoms with Crippen LogP contribution >= 0.6 is 11.8 Å². The predicted octanol–water partition coefficient (Wildman–Crippen LogP) is 1.23. The van der Waals surface area contributed by atoms with E-state index in [4.69, 9.17) is 24.7 Å². The van der Waals surface area contributed by atoms with Gasteiger partial charge in [0.2, 0.25) is 0 Å². The summed E-state index contributed by atoms with van der Waals surface area (Å²) >= 11 is 1.45. The van der Waals surface area contributed by atoms with Gasteiger partial charge in [0.05, 0.1) is 5.39 Å². The zero-order valence-corrected chi connectivity index (χ0v) is 19.1. The molecular weight excluding hydrogens is 442 g/mol. The van der Waals surface area contributed by atoms with E-state index in [1.807, 2.05) is 13.8 Å². The van der Waals surface area contributed by atoms with Gasteiger partial charge in [0.25, 0.3) is 0 Å². The lowest BCUT2D eigenvalue weighted by atomic mass is 10.1. The smallest absolute Gasteiger partial charge is 0.303 e. The fourth-order valence-corrected chi connectivity index (χ4v) is 4.23. The van der Waals surface area contributed by atoms with Crippen molar-refractivity contribution >= 4 is 46.5 Å². The van der Waals surface area contributed by atoms with Crippen LogP contribution in [0.3, 0.4) is 0 Å². The first-order chi connectivity index (χ1) is 15.1. The van der Waals surface area contributed by atoms with E-state index in [-0.39, 0.29) is 17.7 Å². The third kappa shape index (κ3) is 5.10. The maximum Gasteiger partial charge on any atom is 0.303 e. The number of thioether (sulfide) groups is 1. The minimum Gasteiger partial charge on any atom is -0.463 e. The standard InChI is InChI=1S/C19H25N5O7S/c1-8(2)32-18-13-16(20)21-7-22-17(13)24(23-18)19-15(30-11(5)27)14(29-10(4)26)12(31-19)6-28-9(3)25/h7-8,12,14-15,19H,6H2,1-5H3,(H2,20,21,22)/t12-,14-,15-,19-/m1/s1. The van der Waals surface area contributed by atoms with Crippen LogP contribution < -0.4 is 5.73 Å². The molecule has 0 aromatic carbocycles. The fourth-order valence-electron chi connectivity index (χ4n) is 3.34. The molecular formula is C19H25N5O7S. The normalized spacial score (nSPS) is 22.8. The van der Waals surface area contributed by atoms with Crippen molar-refractivity contribution in [3.63, 3.8) is 0 Å². The fraction of sp³-hybridized carbons (Fsp3) is 0.579. The maximum absolute atomic E-state index is 11.9. The molecule has 4 atom stereocenters. The van der Waals surface area contributed by atoms with Crippen LogP contribution in [0, 0.1) is 0 Å². The molecule has 12 nitrogen and oxygen atoms in total. The van der Waals surface area contributed by atoms with Gasteiger partial charge in [0.1, 0.15) is 29.9 Å². The zero-order chi connectivity index (χ0) is 23.6. The molecule has 174 valence electrons. The number of hydrogen-bond donors (Lipinski definition) is 1. The lowest BCUT2D eigenvalue weighted by Gasteiger charge is -2.23. The Bertz CT molecular complexity index is 1030. The summed E-state index contributed by atoms with van der Waals surface area (Å²) in [5, 5.41) is 5.89. The zero-order valence-electron chi connectivity index (χ0n) is 18.3. The summed E-state index contributed by atoms with van der Waals surface area (Å²) in [6.07, 6.45) is -2.76. The monoisotopic (exact) mass is 467 g/mol. The highest BCUT2D eigenvalue weighted by atomic mass is 32.2. The molecule has 13 heteroatoms. The number of esters is 3. The second kappa shape index (κ2) is 9.69. The Morgan fingerprint density at radius 1 is 1.12 bits per heavy atom. The van der Waals surface area contributed by atoms with Gasteiger partial charge in [-0.05, 0) is 0 Å². The highest BCUT2D eigenvalue weighted by molar-refractivity contribution is 8.00. The van der Waals surface area contributed by atoms with E-state index in [1.165, 1.54) is 43.5 Å². The summed E-state index contributed by atoms with van der Waals surface area (Å²) in [6.45, 7) is 7.46. The Labute approximate surface area is 188 Å². The largest absolute Gasteiger partial charge is 0.463 e. The second-order valence-corrected chi connectivity index (χ2v) is 8.95. The van der Waals surface area contributed by atoms with Crippen LogP contribution in [0.25, 0.3) is 11.0 Å². The molecule has 1 aliphatic heterocycles. The number of carbonyl (C=O) groups excluding carboxylic acids is 3. The van der Waals surface area contributed by atoms with Crippen molar-refractivity contribution in [2.75, 3.05) is 12.3 Å². The van der Waals surface area contributed by atoms with Gasteiger partial charge in [-0.3, -0.25) is 14.4 Å². The molecule has 2 aromatic heterocycles. The highest BCUT2D eigenvalue weighted by Gasteiger charge is 2.51. The molecule has 0 amide bonds. The summed E-state index contributed by atoms with van der Waals surface area (Å²) in [4.78, 5) is 43.3. The van der Waals surface area contributed by atoms with Crippen LogP contribution in [0.5, 0.6) is 0 Å². The van der Waals surface area contributed by atoms with Crippen LogP contribution in [0.1, 0.15) is 40.8 Å². The molecule has 2 N–H and O–H groups in total. The molecule has 3 heterocycles. The topological polar surface area (TPSA) is 158 Å². The van der Waals surface area contributed by atoms with E-state index in [1.54, 1.807) is 0 Å². The number of carbonyl (C=O) groups is 3. The van der Waals surface area contributed by atoms with Crippen molar-refractivity contribution in [1.29, 1.82) is 0 Å². The van der Waals surface area contributed by atoms with Crippen molar-refractivity contribution in [3.8, 4) is 0 Å². The van der Waals surface area contributed by atoms with Crippen LogP contribution in [-0.4, -0.2) is 67.8 Å². The van der Waals surface area contributed by atoms with Crippen molar-refractivity contribution in [1.82, 2.24) is 19.7 Å². The average molecular weight is 468 g/mol. The van der Waals surface area contributed by atoms with Gasteiger partial charge >= 0.3 is 17.9 Å². The van der Waals surface area contributed by atoms with Gasteiger partial charge < -0.3 is 24.7 Å². The Kier molecular flexibility index (Phi) is 7.19. The minimum atomic E-state index is -1.08. The number of nitrogen functional groups attached to an aromatic ring is 1. The first-order valence-corrected chi connectivity index (χ1v) is 10.7. The van der Waals surface area contributed by atoms with Crippen LogP contribution in [0.4, 0.5) is 5.82 Å². The van der Waals surface area contributed by atoms with Gasteiger partial charge in [-0.25, -0.2) is 14.6 Å². The van der Waals surface area contributed by atoms with Gasteiger partial charge in [0, 0.05) is 26.0 Å². The van der Waals surface area contributed by atoms with E-state index in [0.717, 1.165) is 0 Å². The van der Waals surface area contributed by atoms with Crippen LogP contribution in [0.2, 0.25) is 0 Å². The highest BCUT2D eigenvalue weighted by Crippen LogP contribution is 2.39. The Morgan fingerprint density at radius 3 is 2.38 bits per heavy atom. The molecule has 1 saturated heterocycles. The van der Waals surface area contributed by atoms with Crippen LogP contribution in [0.15, 0.2) is 11.4 Å². The number of nitrogens with two attached hydrogens (primary N) is 1. The average Bonchev–Trinajstić information content (AvgIpc) is 3.18. The molecule has 0 saturated carbocycles. The van der Waals surface area contributed by atoms with Crippen molar-refractivity contribution in [3.05, 3.63) is 6.33 Å². The quantitative estimate of drug-likeness (QED) is 0.353. The van der Waals surface area contributed by atoms with Gasteiger partial charge in [0.15, 0.2) is 24.1 Å². The lowest BCUT2D eigenvalue weighted by Crippen LogP contribution is -2.40. The number of aromatic nitrogens is 4. The van der Waals surface area contributed by atoms with E-state index < -0.39 is 42.4 Å². The molecule has 0 radical (unpaired) electrons. The van der Waals surface area contributed by atoms with E-state index in [0.29, 0.717) is 16.1 Å². The van der Waals surface area contributed by atoms with Gasteiger partial charge in [-0.1, -0.05) is 13.8 Å². The molecule has 1 fully saturated rings. The molecule has 3 rings (SSSR count). The molecule has 0 spiro atoms. The van der Waals surface area contributed by atoms with E-state index in [2.05, 4.69) is 15.1 Å². The maximum atomic E-state index is 11.9. The van der Waals surface area contributed by atoms with Crippen molar-refractivity contribution in [2.24, 2.45) is 0 Å². The number of anilines is 1. The van der Waals surface area contributed by atoms with E-state index in [9.17, 15) is 14.4 Å². The molecule has 0 unspecified atom stereocenters. The Balaban J connectivity index is 2.10. The minimum absolute atomic E-state index is 0.181. The van der Waals surface area contributed by atoms with E-state index >= 15 is 0 Å². The molecule has 1 aliphatic rings. The van der Waals surface area contributed by atoms with Crippen molar-refractivity contribution in [2.45, 2.75) is 69.4 Å². The first-order valence-electron chi connectivity index (χ1n) is 9.87. The number of hydrogen-bond acceptors (Lipinski definition) is 12. The summed E-state index contributed by atoms with van der Waals surface area (Å²) in [5.41, 5.74) is 6.45. The molecule has 0 aliphatic carbocycles. The van der Waals surface area contributed by atoms with Crippen LogP contribution in [-0.2, 0) is 33.3 Å². The lowest BCUT2D eigenvalue weighted by molar-refractivity contribution is -0.166. The third-order valence-electron chi connectivity index (χ3n) is 4.41. The SMILES string of the molecule is CC(=O)OC[C@H]1O[C@@H](n2nc(SC(C)C)c3c(N)ncnc32)[C@H](OC(C)=O)[C@@H]1OC(C)=O. The summed E-state index contributed by atoms with van der Waals surface area (Å²) in [6, 6.07) is 0. The first kappa shape index (κ1) is 23.7. The number of nitrogens with zero attached hydrogens (tertiary/aromatic N) is 4. The predicted molar refractivity (Wildman–Crippen MR) is 112 cm³/mol. The summed E-state index contributed by atoms with van der Waals surface area (Å²) in [7, 11) is 0. The van der Waals surface area contributed by atoms with Gasteiger partial charge in [-0.15, -0.1) is 11.8 Å². The van der Waals surface area contributed by atoms with Gasteiger partial charge in [-0.2, -0.15) is 5.10 Å². The molecule has 0 bridgehead atoms. The summed E-state index contributed by atoms with van der Waals surface area (Å²) in [5.74, 6) is -1.53. The third-order valence-corrected chi connectivity index (χ3v) is 5.40. The molecule has 32 heavy (non-hydrogen) atoms. The summed E-state index contributed by atoms with van der Waals surface area (Å²) < 4.78 is 23.4. The number of rotatable bonds is 7.